The van der Waals surface area contributed by atoms with E-state index in [1.807, 2.05) is 48.5 Å². The number of aromatic nitrogens is 3. The molecule has 1 heterocycles. The van der Waals surface area contributed by atoms with Gasteiger partial charge in [0.2, 0.25) is 0 Å². The van der Waals surface area contributed by atoms with Gasteiger partial charge in [0.25, 0.3) is 0 Å². The van der Waals surface area contributed by atoms with E-state index in [1.54, 1.807) is 7.11 Å². The Morgan fingerprint density at radius 2 is 2.15 bits per heavy atom. The van der Waals surface area contributed by atoms with Crippen LogP contribution < -0.4 is 15.4 Å². The first-order chi connectivity index (χ1) is 13.0. The number of rotatable bonds is 9. The van der Waals surface area contributed by atoms with E-state index in [-0.39, 0.29) is 0 Å². The van der Waals surface area contributed by atoms with Crippen LogP contribution in [0.15, 0.2) is 23.2 Å². The van der Waals surface area contributed by atoms with Gasteiger partial charge in [-0.15, -0.1) is 10.2 Å². The smallest absolute Gasteiger partial charge is 0.191 e. The highest BCUT2D eigenvalue weighted by Crippen LogP contribution is 2.25. The average molecular weight is 411 g/mol. The molecule has 0 unspecified atom stereocenters. The molecule has 9 heteroatoms. The van der Waals surface area contributed by atoms with Crippen molar-refractivity contribution >= 4 is 29.3 Å². The topological polar surface area (TPSA) is 76.4 Å². The van der Waals surface area contributed by atoms with Crippen molar-refractivity contribution in [2.45, 2.75) is 26.4 Å². The van der Waals surface area contributed by atoms with Gasteiger partial charge in [-0.25, -0.2) is 4.99 Å². The Balaban J connectivity index is 2.02. The average Bonchev–Trinajstić information content (AvgIpc) is 2.98. The Kier molecular flexibility index (Phi) is 8.74. The zero-order valence-corrected chi connectivity index (χ0v) is 17.8. The number of benzene rings is 1. The molecule has 1 aromatic carbocycles. The summed E-state index contributed by atoms with van der Waals surface area (Å²) in [5.74, 6) is 4.25. The molecule has 2 aromatic rings. The third-order valence-electron chi connectivity index (χ3n) is 4.05. The second kappa shape index (κ2) is 11.0. The fourth-order valence-corrected chi connectivity index (χ4v) is 3.06. The van der Waals surface area contributed by atoms with Crippen molar-refractivity contribution in [1.29, 1.82) is 0 Å². The summed E-state index contributed by atoms with van der Waals surface area (Å²) in [7, 11) is 3.56. The largest absolute Gasteiger partial charge is 0.495 e. The first-order valence-electron chi connectivity index (χ1n) is 8.73. The molecule has 0 aliphatic carbocycles. The van der Waals surface area contributed by atoms with Gasteiger partial charge in [0.15, 0.2) is 11.8 Å². The van der Waals surface area contributed by atoms with Crippen LogP contribution in [-0.2, 0) is 20.1 Å². The molecule has 0 radical (unpaired) electrons. The van der Waals surface area contributed by atoms with E-state index in [4.69, 9.17) is 16.3 Å². The summed E-state index contributed by atoms with van der Waals surface area (Å²) in [6.45, 7) is 3.85. The Morgan fingerprint density at radius 1 is 1.33 bits per heavy atom. The number of aliphatic imine (C=N–C) groups is 1. The van der Waals surface area contributed by atoms with Crippen LogP contribution in [0.4, 0.5) is 0 Å². The van der Waals surface area contributed by atoms with Crippen LogP contribution in [0.5, 0.6) is 5.75 Å². The van der Waals surface area contributed by atoms with Crippen LogP contribution in [-0.4, -0.2) is 46.4 Å². The van der Waals surface area contributed by atoms with Gasteiger partial charge in [0.1, 0.15) is 11.6 Å². The number of nitrogens with zero attached hydrogens (tertiary/aromatic N) is 4. The summed E-state index contributed by atoms with van der Waals surface area (Å²) in [5.41, 5.74) is 1.01. The van der Waals surface area contributed by atoms with Crippen LogP contribution in [0.2, 0.25) is 5.02 Å². The number of methoxy groups -OCH3 is 1. The molecule has 0 amide bonds. The molecule has 0 aliphatic heterocycles. The van der Waals surface area contributed by atoms with Gasteiger partial charge in [0, 0.05) is 13.6 Å². The third kappa shape index (κ3) is 6.62. The molecule has 7 nitrogen and oxygen atoms in total. The quantitative estimate of drug-likeness (QED) is 0.376. The normalized spacial score (nSPS) is 11.5. The minimum absolute atomic E-state index is 0.513. The molecule has 27 heavy (non-hydrogen) atoms. The summed E-state index contributed by atoms with van der Waals surface area (Å²) in [5, 5.41) is 15.5. The number of halogens is 1. The predicted octanol–water partition coefficient (Wildman–Crippen LogP) is 2.77. The monoisotopic (exact) mass is 410 g/mol. The lowest BCUT2D eigenvalue weighted by Crippen LogP contribution is -2.38. The minimum atomic E-state index is 0.513. The number of hydrogen-bond donors (Lipinski definition) is 2. The summed E-state index contributed by atoms with van der Waals surface area (Å²) in [6.07, 6.45) is 3.18. The molecule has 0 spiro atoms. The first-order valence-corrected chi connectivity index (χ1v) is 10.5. The van der Waals surface area contributed by atoms with Crippen molar-refractivity contribution < 1.29 is 4.74 Å². The second-order valence-corrected chi connectivity index (χ2v) is 7.38. The summed E-state index contributed by atoms with van der Waals surface area (Å²) in [6, 6.07) is 5.70. The lowest BCUT2D eigenvalue weighted by Gasteiger charge is -2.13. The fraction of sp³-hybridized carbons (Fsp3) is 0.500. The van der Waals surface area contributed by atoms with Crippen molar-refractivity contribution in [3.63, 3.8) is 0 Å². The van der Waals surface area contributed by atoms with E-state index in [1.165, 1.54) is 0 Å². The van der Waals surface area contributed by atoms with Crippen LogP contribution in [0.1, 0.15) is 23.6 Å². The Labute approximate surface area is 169 Å². The van der Waals surface area contributed by atoms with E-state index < -0.39 is 0 Å². The maximum Gasteiger partial charge on any atom is 0.191 e. The number of hydrogen-bond acceptors (Lipinski definition) is 5. The molecule has 2 rings (SSSR count). The molecule has 0 fully saturated rings. The molecule has 0 bridgehead atoms. The number of thioether (sulfide) groups is 1. The molecule has 0 atom stereocenters. The van der Waals surface area contributed by atoms with Gasteiger partial charge < -0.3 is 19.9 Å². The highest BCUT2D eigenvalue weighted by molar-refractivity contribution is 7.98. The van der Waals surface area contributed by atoms with E-state index in [0.717, 1.165) is 41.9 Å². The maximum atomic E-state index is 6.20. The second-order valence-electron chi connectivity index (χ2n) is 5.98. The Bertz CT molecular complexity index is 764. The summed E-state index contributed by atoms with van der Waals surface area (Å²) in [4.78, 5) is 4.67. The van der Waals surface area contributed by atoms with E-state index in [9.17, 15) is 0 Å². The van der Waals surface area contributed by atoms with E-state index >= 15 is 0 Å². The SMILES string of the molecule is COc1ccc(CN=C(NCCCSC)NCc2nnc(C)n2C)cc1Cl. The van der Waals surface area contributed by atoms with Crippen LogP contribution in [0.3, 0.4) is 0 Å². The van der Waals surface area contributed by atoms with Gasteiger partial charge >= 0.3 is 0 Å². The molecule has 0 saturated heterocycles. The lowest BCUT2D eigenvalue weighted by molar-refractivity contribution is 0.415. The van der Waals surface area contributed by atoms with Gasteiger partial charge in [-0.1, -0.05) is 17.7 Å². The number of aryl methyl sites for hydroxylation is 1. The van der Waals surface area contributed by atoms with Crippen molar-refractivity contribution in [2.75, 3.05) is 25.7 Å². The molecular weight excluding hydrogens is 384 g/mol. The molecule has 1 aromatic heterocycles. The van der Waals surface area contributed by atoms with Gasteiger partial charge in [0.05, 0.1) is 25.2 Å². The molecule has 148 valence electrons. The van der Waals surface area contributed by atoms with Crippen LogP contribution in [0.25, 0.3) is 0 Å². The van der Waals surface area contributed by atoms with Crippen molar-refractivity contribution in [2.24, 2.45) is 12.0 Å². The van der Waals surface area contributed by atoms with Crippen molar-refractivity contribution in [1.82, 2.24) is 25.4 Å². The van der Waals surface area contributed by atoms with E-state index in [2.05, 4.69) is 32.1 Å². The number of ether oxygens (including phenoxy) is 1. The van der Waals surface area contributed by atoms with Crippen LogP contribution in [0, 0.1) is 6.92 Å². The third-order valence-corrected chi connectivity index (χ3v) is 5.04. The number of nitrogens with one attached hydrogen (secondary N) is 2. The van der Waals surface area contributed by atoms with Gasteiger partial charge in [-0.3, -0.25) is 0 Å². The number of guanidine groups is 1. The highest BCUT2D eigenvalue weighted by Gasteiger charge is 2.07. The summed E-state index contributed by atoms with van der Waals surface area (Å²) < 4.78 is 7.15. The zero-order chi connectivity index (χ0) is 19.6. The zero-order valence-electron chi connectivity index (χ0n) is 16.3. The van der Waals surface area contributed by atoms with Crippen LogP contribution >= 0.6 is 23.4 Å². The predicted molar refractivity (Wildman–Crippen MR) is 113 cm³/mol. The van der Waals surface area contributed by atoms with Crippen molar-refractivity contribution in [3.8, 4) is 5.75 Å². The Hall–Kier alpha value is -1.93. The first kappa shape index (κ1) is 21.4. The maximum absolute atomic E-state index is 6.20. The van der Waals surface area contributed by atoms with Gasteiger partial charge in [-0.2, -0.15) is 11.8 Å². The highest BCUT2D eigenvalue weighted by atomic mass is 35.5. The van der Waals surface area contributed by atoms with Gasteiger partial charge in [-0.05, 0) is 43.0 Å². The fourth-order valence-electron chi connectivity index (χ4n) is 2.34. The van der Waals surface area contributed by atoms with Crippen molar-refractivity contribution in [3.05, 3.63) is 40.4 Å². The summed E-state index contributed by atoms with van der Waals surface area (Å²) >= 11 is 8.03. The molecular formula is C18H27ClN6OS. The Morgan fingerprint density at radius 3 is 2.78 bits per heavy atom. The minimum Gasteiger partial charge on any atom is -0.495 e. The van der Waals surface area contributed by atoms with E-state index in [0.29, 0.717) is 23.9 Å². The molecule has 2 N–H and O–H groups in total. The lowest BCUT2D eigenvalue weighted by atomic mass is 10.2. The standard InChI is InChI=1S/C18H27ClN6OS/c1-13-23-24-17(25(13)2)12-22-18(20-8-5-9-27-4)21-11-14-6-7-16(26-3)15(19)10-14/h6-7,10H,5,8-9,11-12H2,1-4H3,(H2,20,21,22). The molecule has 0 saturated carbocycles. The molecule has 0 aliphatic rings.